The van der Waals surface area contributed by atoms with Crippen LogP contribution in [-0.2, 0) is 11.8 Å². The van der Waals surface area contributed by atoms with E-state index in [9.17, 15) is 53.5 Å². The highest BCUT2D eigenvalue weighted by Crippen LogP contribution is 2.61. The summed E-state index contributed by atoms with van der Waals surface area (Å²) in [6, 6.07) is 2.47. The van der Waals surface area contributed by atoms with Crippen LogP contribution in [0.2, 0.25) is 0 Å². The molecule has 0 amide bonds. The van der Waals surface area contributed by atoms with Crippen LogP contribution in [0.3, 0.4) is 0 Å². The van der Waals surface area contributed by atoms with Crippen molar-refractivity contribution < 1.29 is 53.5 Å². The second kappa shape index (κ2) is 8.46. The highest BCUT2D eigenvalue weighted by Gasteiger charge is 2.86. The van der Waals surface area contributed by atoms with Crippen LogP contribution in [-0.4, -0.2) is 28.3 Å². The number of rotatable bonds is 8. The van der Waals surface area contributed by atoms with Crippen LogP contribution < -0.4 is 0 Å². The second-order valence-corrected chi connectivity index (χ2v) is 7.27. The average Bonchev–Trinajstić information content (AvgIpc) is 2.73. The molecule has 2 aromatic carbocycles. The van der Waals surface area contributed by atoms with E-state index in [2.05, 4.69) is 0 Å². The van der Waals surface area contributed by atoms with Gasteiger partial charge in [-0.25, -0.2) is 0 Å². The van der Waals surface area contributed by atoms with Crippen LogP contribution in [0.5, 0.6) is 0 Å². The van der Waals surface area contributed by atoms with E-state index in [1.165, 1.54) is 0 Å². The van der Waals surface area contributed by atoms with Crippen molar-refractivity contribution in [1.82, 2.24) is 0 Å². The smallest absolute Gasteiger partial charge is 0.276 e. The highest BCUT2D eigenvalue weighted by atomic mass is 35.5. The molecule has 0 fully saturated rings. The molecule has 0 radical (unpaired) electrons. The molecule has 0 bridgehead atoms. The number of hydrogen-bond acceptors (Lipinski definition) is 2. The lowest BCUT2D eigenvalue weighted by molar-refractivity contribution is -0.407. The maximum Gasteiger partial charge on any atom is 0.385 e. The molecule has 2 aromatic rings. The van der Waals surface area contributed by atoms with Crippen molar-refractivity contribution in [2.45, 2.75) is 29.6 Å². The van der Waals surface area contributed by atoms with Gasteiger partial charge in [-0.05, 0) is 35.3 Å². The maximum atomic E-state index is 14.3. The number of hydrogen-bond donors (Lipinski definition) is 0. The van der Waals surface area contributed by atoms with E-state index >= 15 is 0 Å². The van der Waals surface area contributed by atoms with E-state index in [1.807, 2.05) is 0 Å². The molecule has 0 aliphatic heterocycles. The van der Waals surface area contributed by atoms with Crippen LogP contribution >= 0.6 is 23.2 Å². The molecule has 0 aliphatic carbocycles. The standard InChI is InChI=1S/C19H8Cl2F10O2/c20-13(32)9-3-1-5-11(7-9)15(22,23)17(26,27)19(30,31)18(28,29)16(24,25)12-6-2-4-10(8-12)14(21)33/h1-8H. The minimum absolute atomic E-state index is 0.0782. The van der Waals surface area contributed by atoms with E-state index < -0.39 is 62.4 Å². The average molecular weight is 529 g/mol. The molecular formula is C19H8Cl2F10O2. The molecule has 2 nitrogen and oxygen atoms in total. The Labute approximate surface area is 188 Å². The lowest BCUT2D eigenvalue weighted by Crippen LogP contribution is -2.65. The Hall–Kier alpha value is -2.34. The third-order valence-corrected chi connectivity index (χ3v) is 4.92. The zero-order valence-electron chi connectivity index (χ0n) is 15.5. The maximum absolute atomic E-state index is 14.3. The molecule has 0 saturated carbocycles. The Morgan fingerprint density at radius 1 is 0.545 bits per heavy atom. The van der Waals surface area contributed by atoms with Crippen molar-refractivity contribution in [3.63, 3.8) is 0 Å². The largest absolute Gasteiger partial charge is 0.385 e. The highest BCUT2D eigenvalue weighted by molar-refractivity contribution is 6.68. The van der Waals surface area contributed by atoms with Gasteiger partial charge in [0.1, 0.15) is 0 Å². The van der Waals surface area contributed by atoms with Gasteiger partial charge in [0.25, 0.3) is 10.5 Å². The van der Waals surface area contributed by atoms with Crippen molar-refractivity contribution in [1.29, 1.82) is 0 Å². The molecule has 2 rings (SSSR count). The van der Waals surface area contributed by atoms with Gasteiger partial charge in [-0.1, -0.05) is 36.4 Å². The minimum Gasteiger partial charge on any atom is -0.276 e. The molecule has 0 heterocycles. The minimum atomic E-state index is -7.37. The Bertz CT molecular complexity index is 1000. The quantitative estimate of drug-likeness (QED) is 0.267. The fourth-order valence-corrected chi connectivity index (χ4v) is 2.86. The fourth-order valence-electron chi connectivity index (χ4n) is 2.63. The summed E-state index contributed by atoms with van der Waals surface area (Å²) in [5.74, 6) is -33.9. The third-order valence-electron chi connectivity index (χ3n) is 4.48. The SMILES string of the molecule is O=C(Cl)c1cccc(C(F)(F)C(F)(F)C(F)(F)C(F)(F)C(F)(F)c2cccc(C(=O)Cl)c2)c1. The third kappa shape index (κ3) is 4.18. The van der Waals surface area contributed by atoms with E-state index in [0.717, 1.165) is 12.1 Å². The molecule has 33 heavy (non-hydrogen) atoms. The molecule has 0 atom stereocenters. The molecule has 0 spiro atoms. The predicted molar refractivity (Wildman–Crippen MR) is 95.9 cm³/mol. The molecule has 14 heteroatoms. The summed E-state index contributed by atoms with van der Waals surface area (Å²) < 4.78 is 143. The molecular weight excluding hydrogens is 521 g/mol. The van der Waals surface area contributed by atoms with Crippen LogP contribution in [0, 0.1) is 0 Å². The van der Waals surface area contributed by atoms with E-state index in [0.29, 0.717) is 12.1 Å². The summed E-state index contributed by atoms with van der Waals surface area (Å²) in [5.41, 5.74) is -5.89. The monoisotopic (exact) mass is 528 g/mol. The lowest BCUT2D eigenvalue weighted by Gasteiger charge is -2.39. The fraction of sp³-hybridized carbons (Fsp3) is 0.263. The number of carbonyl (C=O) groups excluding carboxylic acids is 2. The van der Waals surface area contributed by atoms with Gasteiger partial charge in [0.15, 0.2) is 0 Å². The van der Waals surface area contributed by atoms with Crippen molar-refractivity contribution in [2.75, 3.05) is 0 Å². The number of halogens is 12. The number of benzene rings is 2. The van der Waals surface area contributed by atoms with E-state index in [1.54, 1.807) is 0 Å². The molecule has 0 N–H and O–H groups in total. The van der Waals surface area contributed by atoms with Crippen LogP contribution in [0.4, 0.5) is 43.9 Å². The summed E-state index contributed by atoms with van der Waals surface area (Å²) in [6.07, 6.45) is 0. The van der Waals surface area contributed by atoms with Gasteiger partial charge in [-0.15, -0.1) is 0 Å². The summed E-state index contributed by atoms with van der Waals surface area (Å²) >= 11 is 9.99. The lowest BCUT2D eigenvalue weighted by atomic mass is 9.88. The van der Waals surface area contributed by atoms with Crippen molar-refractivity contribution in [3.05, 3.63) is 70.8 Å². The van der Waals surface area contributed by atoms with Crippen molar-refractivity contribution in [3.8, 4) is 0 Å². The Morgan fingerprint density at radius 3 is 1.12 bits per heavy atom. The second-order valence-electron chi connectivity index (χ2n) is 6.58. The Balaban J connectivity index is 2.63. The van der Waals surface area contributed by atoms with Gasteiger partial charge in [-0.2, -0.15) is 43.9 Å². The zero-order valence-corrected chi connectivity index (χ0v) is 17.0. The van der Waals surface area contributed by atoms with E-state index in [-0.39, 0.29) is 24.3 Å². The van der Waals surface area contributed by atoms with Gasteiger partial charge in [0.2, 0.25) is 0 Å². The number of alkyl halides is 10. The van der Waals surface area contributed by atoms with Crippen LogP contribution in [0.15, 0.2) is 48.5 Å². The van der Waals surface area contributed by atoms with Gasteiger partial charge in [-0.3, -0.25) is 9.59 Å². The van der Waals surface area contributed by atoms with Gasteiger partial charge < -0.3 is 0 Å². The normalized spacial score (nSPS) is 13.7. The number of carbonyl (C=O) groups is 2. The van der Waals surface area contributed by atoms with Crippen molar-refractivity contribution in [2.24, 2.45) is 0 Å². The summed E-state index contributed by atoms with van der Waals surface area (Å²) in [4.78, 5) is 22.1. The van der Waals surface area contributed by atoms with Crippen LogP contribution in [0.1, 0.15) is 31.8 Å². The molecule has 0 aromatic heterocycles. The van der Waals surface area contributed by atoms with Gasteiger partial charge in [0, 0.05) is 22.3 Å². The Morgan fingerprint density at radius 2 is 0.848 bits per heavy atom. The molecule has 0 saturated heterocycles. The molecule has 180 valence electrons. The molecule has 0 unspecified atom stereocenters. The predicted octanol–water partition coefficient (Wildman–Crippen LogP) is 7.23. The summed E-state index contributed by atoms with van der Waals surface area (Å²) in [6.45, 7) is 0. The Kier molecular flexibility index (Phi) is 6.90. The first-order valence-corrected chi connectivity index (χ1v) is 9.07. The van der Waals surface area contributed by atoms with Crippen molar-refractivity contribution >= 4 is 33.7 Å². The first-order valence-electron chi connectivity index (χ1n) is 8.32. The van der Waals surface area contributed by atoms with Gasteiger partial charge in [0.05, 0.1) is 0 Å². The first-order chi connectivity index (χ1) is 14.8. The zero-order chi connectivity index (χ0) is 25.6. The van der Waals surface area contributed by atoms with E-state index in [4.69, 9.17) is 23.2 Å². The topological polar surface area (TPSA) is 34.1 Å². The summed E-state index contributed by atoms with van der Waals surface area (Å²) in [7, 11) is 0. The first kappa shape index (κ1) is 26.9. The summed E-state index contributed by atoms with van der Waals surface area (Å²) in [5, 5.41) is -2.96. The molecule has 0 aliphatic rings. The van der Waals surface area contributed by atoms with Gasteiger partial charge >= 0.3 is 29.6 Å². The van der Waals surface area contributed by atoms with Crippen LogP contribution in [0.25, 0.3) is 0 Å².